The Labute approximate surface area is 77.8 Å². The summed E-state index contributed by atoms with van der Waals surface area (Å²) in [7, 11) is 0. The Morgan fingerprint density at radius 3 is 2.69 bits per heavy atom. The van der Waals surface area contributed by atoms with Crippen LogP contribution in [0.2, 0.25) is 0 Å². The van der Waals surface area contributed by atoms with Crippen molar-refractivity contribution in [1.82, 2.24) is 4.90 Å². The molecule has 1 amide bonds. The van der Waals surface area contributed by atoms with Crippen LogP contribution in [0.15, 0.2) is 0 Å². The zero-order valence-electron chi connectivity index (χ0n) is 8.08. The van der Waals surface area contributed by atoms with Crippen LogP contribution in [0.4, 0.5) is 0 Å². The van der Waals surface area contributed by atoms with E-state index in [2.05, 4.69) is 11.7 Å². The fraction of sp³-hybridized carbons (Fsp3) is 0.778. The number of nitrogens with zero attached hydrogens (tertiary/aromatic N) is 1. The summed E-state index contributed by atoms with van der Waals surface area (Å²) in [5, 5.41) is 0. The summed E-state index contributed by atoms with van der Waals surface area (Å²) in [6.45, 7) is 5.38. The summed E-state index contributed by atoms with van der Waals surface area (Å²) < 4.78 is 4.62. The third-order valence-electron chi connectivity index (χ3n) is 2.16. The van der Waals surface area contributed by atoms with E-state index in [9.17, 15) is 9.59 Å². The highest BCUT2D eigenvalue weighted by Gasteiger charge is 2.28. The van der Waals surface area contributed by atoms with Crippen molar-refractivity contribution in [3.63, 3.8) is 0 Å². The van der Waals surface area contributed by atoms with Crippen LogP contribution in [-0.4, -0.2) is 36.5 Å². The smallest absolute Gasteiger partial charge is 0.397 e. The molecule has 0 bridgehead atoms. The first-order chi connectivity index (χ1) is 6.15. The van der Waals surface area contributed by atoms with Gasteiger partial charge in [-0.2, -0.15) is 0 Å². The number of ether oxygens (including phenoxy) is 1. The largest absolute Gasteiger partial charge is 0.459 e. The van der Waals surface area contributed by atoms with Crippen molar-refractivity contribution in [3.8, 4) is 0 Å². The normalized spacial score (nSPS) is 21.7. The standard InChI is InChI=1S/C9H15NO3/c1-3-13-9(12)8(11)10-5-4-7(2)6-10/h7H,3-6H2,1-2H3/t7-/m1/s1. The van der Waals surface area contributed by atoms with E-state index in [1.54, 1.807) is 11.8 Å². The SMILES string of the molecule is CCOC(=O)C(=O)N1CC[C@@H](C)C1. The van der Waals surface area contributed by atoms with E-state index in [1.165, 1.54) is 0 Å². The van der Waals surface area contributed by atoms with Crippen molar-refractivity contribution >= 4 is 11.9 Å². The minimum absolute atomic E-state index is 0.258. The van der Waals surface area contributed by atoms with E-state index >= 15 is 0 Å². The van der Waals surface area contributed by atoms with Gasteiger partial charge in [0, 0.05) is 13.1 Å². The number of likely N-dealkylation sites (tertiary alicyclic amines) is 1. The molecule has 4 heteroatoms. The van der Waals surface area contributed by atoms with Gasteiger partial charge < -0.3 is 9.64 Å². The minimum Gasteiger partial charge on any atom is -0.459 e. The Bertz CT molecular complexity index is 215. The molecule has 74 valence electrons. The molecule has 0 unspecified atom stereocenters. The van der Waals surface area contributed by atoms with Gasteiger partial charge in [-0.3, -0.25) is 4.79 Å². The zero-order chi connectivity index (χ0) is 9.84. The maximum atomic E-state index is 11.3. The number of hydrogen-bond acceptors (Lipinski definition) is 3. The Morgan fingerprint density at radius 1 is 1.54 bits per heavy atom. The second kappa shape index (κ2) is 4.25. The summed E-state index contributed by atoms with van der Waals surface area (Å²) in [6.07, 6.45) is 0.977. The fourth-order valence-corrected chi connectivity index (χ4v) is 1.44. The summed E-state index contributed by atoms with van der Waals surface area (Å²) >= 11 is 0. The summed E-state index contributed by atoms with van der Waals surface area (Å²) in [5.41, 5.74) is 0. The monoisotopic (exact) mass is 185 g/mol. The molecule has 13 heavy (non-hydrogen) atoms. The molecule has 0 radical (unpaired) electrons. The molecular weight excluding hydrogens is 170 g/mol. The van der Waals surface area contributed by atoms with E-state index in [0.29, 0.717) is 19.0 Å². The highest BCUT2D eigenvalue weighted by molar-refractivity contribution is 6.32. The summed E-state index contributed by atoms with van der Waals surface area (Å²) in [6, 6.07) is 0. The van der Waals surface area contributed by atoms with E-state index in [-0.39, 0.29) is 6.61 Å². The molecule has 1 rings (SSSR count). The number of esters is 1. The number of rotatable bonds is 1. The maximum absolute atomic E-state index is 11.3. The fourth-order valence-electron chi connectivity index (χ4n) is 1.44. The lowest BCUT2D eigenvalue weighted by atomic mass is 10.2. The molecule has 1 fully saturated rings. The maximum Gasteiger partial charge on any atom is 0.397 e. The average molecular weight is 185 g/mol. The van der Waals surface area contributed by atoms with Crippen LogP contribution in [0, 0.1) is 5.92 Å². The van der Waals surface area contributed by atoms with Crippen LogP contribution >= 0.6 is 0 Å². The van der Waals surface area contributed by atoms with Crippen LogP contribution in [0.1, 0.15) is 20.3 Å². The molecular formula is C9H15NO3. The van der Waals surface area contributed by atoms with E-state index < -0.39 is 11.9 Å². The Balaban J connectivity index is 2.43. The third-order valence-corrected chi connectivity index (χ3v) is 2.16. The molecule has 1 saturated heterocycles. The van der Waals surface area contributed by atoms with Gasteiger partial charge in [0.1, 0.15) is 0 Å². The highest BCUT2D eigenvalue weighted by Crippen LogP contribution is 2.14. The van der Waals surface area contributed by atoms with Gasteiger partial charge >= 0.3 is 11.9 Å². The van der Waals surface area contributed by atoms with Gasteiger partial charge in [0.25, 0.3) is 0 Å². The molecule has 1 heterocycles. The predicted molar refractivity (Wildman–Crippen MR) is 47.0 cm³/mol. The lowest BCUT2D eigenvalue weighted by Crippen LogP contribution is -2.35. The molecule has 1 atom stereocenters. The first-order valence-corrected chi connectivity index (χ1v) is 4.61. The van der Waals surface area contributed by atoms with Gasteiger partial charge in [-0.1, -0.05) is 6.92 Å². The van der Waals surface area contributed by atoms with Crippen LogP contribution in [0.3, 0.4) is 0 Å². The second-order valence-electron chi connectivity index (χ2n) is 3.37. The van der Waals surface area contributed by atoms with E-state index in [4.69, 9.17) is 0 Å². The number of amides is 1. The van der Waals surface area contributed by atoms with Gasteiger partial charge in [0.05, 0.1) is 6.61 Å². The molecule has 4 nitrogen and oxygen atoms in total. The number of carbonyl (C=O) groups is 2. The molecule has 0 aromatic rings. The predicted octanol–water partition coefficient (Wildman–Crippen LogP) is 0.418. The topological polar surface area (TPSA) is 46.6 Å². The molecule has 1 aliphatic rings. The van der Waals surface area contributed by atoms with Crippen LogP contribution < -0.4 is 0 Å². The first kappa shape index (κ1) is 10.0. The van der Waals surface area contributed by atoms with Gasteiger partial charge in [-0.05, 0) is 19.3 Å². The third kappa shape index (κ3) is 2.44. The minimum atomic E-state index is -0.725. The van der Waals surface area contributed by atoms with Gasteiger partial charge in [-0.15, -0.1) is 0 Å². The Morgan fingerprint density at radius 2 is 2.23 bits per heavy atom. The molecule has 1 aliphatic heterocycles. The van der Waals surface area contributed by atoms with Crippen LogP contribution in [0.5, 0.6) is 0 Å². The highest BCUT2D eigenvalue weighted by atomic mass is 16.5. The molecule has 0 spiro atoms. The van der Waals surface area contributed by atoms with Gasteiger partial charge in [0.2, 0.25) is 0 Å². The lowest BCUT2D eigenvalue weighted by molar-refractivity contribution is -0.159. The van der Waals surface area contributed by atoms with Gasteiger partial charge in [0.15, 0.2) is 0 Å². The molecule has 0 aromatic heterocycles. The average Bonchev–Trinajstić information content (AvgIpc) is 2.51. The summed E-state index contributed by atoms with van der Waals surface area (Å²) in [4.78, 5) is 23.9. The molecule has 0 N–H and O–H groups in total. The molecule has 0 aromatic carbocycles. The first-order valence-electron chi connectivity index (χ1n) is 4.61. The van der Waals surface area contributed by atoms with Crippen molar-refractivity contribution in [1.29, 1.82) is 0 Å². The van der Waals surface area contributed by atoms with Crippen LogP contribution in [-0.2, 0) is 14.3 Å². The van der Waals surface area contributed by atoms with Crippen molar-refractivity contribution in [2.75, 3.05) is 19.7 Å². The van der Waals surface area contributed by atoms with E-state index in [0.717, 1.165) is 6.42 Å². The van der Waals surface area contributed by atoms with Crippen molar-refractivity contribution in [2.24, 2.45) is 5.92 Å². The van der Waals surface area contributed by atoms with Gasteiger partial charge in [-0.25, -0.2) is 4.79 Å². The van der Waals surface area contributed by atoms with Crippen molar-refractivity contribution < 1.29 is 14.3 Å². The number of hydrogen-bond donors (Lipinski definition) is 0. The van der Waals surface area contributed by atoms with Crippen molar-refractivity contribution in [2.45, 2.75) is 20.3 Å². The van der Waals surface area contributed by atoms with E-state index in [1.807, 2.05) is 0 Å². The second-order valence-corrected chi connectivity index (χ2v) is 3.37. The molecule has 0 saturated carbocycles. The Kier molecular flexibility index (Phi) is 3.28. The molecule has 0 aliphatic carbocycles. The summed E-state index contributed by atoms with van der Waals surface area (Å²) in [5.74, 6) is -0.721. The zero-order valence-corrected chi connectivity index (χ0v) is 8.08. The van der Waals surface area contributed by atoms with Crippen molar-refractivity contribution in [3.05, 3.63) is 0 Å². The quantitative estimate of drug-likeness (QED) is 0.439. The number of carbonyl (C=O) groups excluding carboxylic acids is 2. The van der Waals surface area contributed by atoms with Crippen LogP contribution in [0.25, 0.3) is 0 Å². The lowest BCUT2D eigenvalue weighted by Gasteiger charge is -2.13. The Hall–Kier alpha value is -1.06.